The summed E-state index contributed by atoms with van der Waals surface area (Å²) in [4.78, 5) is 2.65. The Bertz CT molecular complexity index is 295. The van der Waals surface area contributed by atoms with Gasteiger partial charge in [-0.3, -0.25) is 0 Å². The molecule has 102 valence electrons. The van der Waals surface area contributed by atoms with Crippen molar-refractivity contribution in [3.8, 4) is 6.07 Å². The van der Waals surface area contributed by atoms with Crippen molar-refractivity contribution >= 4 is 0 Å². The molecule has 0 radical (unpaired) electrons. The van der Waals surface area contributed by atoms with E-state index in [-0.39, 0.29) is 5.41 Å². The summed E-state index contributed by atoms with van der Waals surface area (Å²) in [7, 11) is 0. The monoisotopic (exact) mass is 249 g/mol. The second-order valence-electron chi connectivity index (χ2n) is 6.68. The van der Waals surface area contributed by atoms with Gasteiger partial charge >= 0.3 is 0 Å². The molecule has 2 rings (SSSR count). The van der Waals surface area contributed by atoms with Crippen LogP contribution < -0.4 is 5.32 Å². The Hall–Kier alpha value is -0.590. The van der Waals surface area contributed by atoms with E-state index in [0.717, 1.165) is 24.9 Å². The van der Waals surface area contributed by atoms with Crippen molar-refractivity contribution in [3.63, 3.8) is 0 Å². The van der Waals surface area contributed by atoms with Crippen LogP contribution in [-0.4, -0.2) is 37.1 Å². The summed E-state index contributed by atoms with van der Waals surface area (Å²) in [5.74, 6) is 0.824. The molecule has 18 heavy (non-hydrogen) atoms. The van der Waals surface area contributed by atoms with Crippen LogP contribution in [0.2, 0.25) is 0 Å². The van der Waals surface area contributed by atoms with Gasteiger partial charge in [0.1, 0.15) is 0 Å². The average Bonchev–Trinajstić information content (AvgIpc) is 3.20. The summed E-state index contributed by atoms with van der Waals surface area (Å²) >= 11 is 0. The van der Waals surface area contributed by atoms with E-state index in [9.17, 15) is 0 Å². The van der Waals surface area contributed by atoms with Crippen molar-refractivity contribution < 1.29 is 0 Å². The second-order valence-corrected chi connectivity index (χ2v) is 6.68. The lowest BCUT2D eigenvalue weighted by atomic mass is 9.91. The molecule has 0 aromatic rings. The molecule has 0 spiro atoms. The molecule has 1 aliphatic heterocycles. The van der Waals surface area contributed by atoms with Gasteiger partial charge in [-0.2, -0.15) is 5.26 Å². The van der Waals surface area contributed by atoms with Crippen LogP contribution in [0.4, 0.5) is 0 Å². The highest BCUT2D eigenvalue weighted by Gasteiger charge is 2.32. The Labute approximate surface area is 112 Å². The lowest BCUT2D eigenvalue weighted by Gasteiger charge is -2.31. The topological polar surface area (TPSA) is 39.1 Å². The fraction of sp³-hybridized carbons (Fsp3) is 0.933. The van der Waals surface area contributed by atoms with Crippen molar-refractivity contribution in [3.05, 3.63) is 0 Å². The highest BCUT2D eigenvalue weighted by Crippen LogP contribution is 2.30. The van der Waals surface area contributed by atoms with Crippen LogP contribution in [0.25, 0.3) is 0 Å². The lowest BCUT2D eigenvalue weighted by molar-refractivity contribution is 0.183. The molecule has 1 N–H and O–H groups in total. The van der Waals surface area contributed by atoms with E-state index in [1.807, 2.05) is 0 Å². The van der Waals surface area contributed by atoms with Crippen LogP contribution in [0.15, 0.2) is 0 Å². The second kappa shape index (κ2) is 6.04. The predicted octanol–water partition coefficient (Wildman–Crippen LogP) is 2.39. The molecule has 0 amide bonds. The van der Waals surface area contributed by atoms with Crippen molar-refractivity contribution in [1.82, 2.24) is 10.2 Å². The van der Waals surface area contributed by atoms with Gasteiger partial charge in [-0.1, -0.05) is 0 Å². The Balaban J connectivity index is 1.79. The molecular formula is C15H27N3. The maximum atomic E-state index is 9.10. The number of nitrogens with zero attached hydrogens (tertiary/aromatic N) is 2. The third-order valence-corrected chi connectivity index (χ3v) is 4.28. The van der Waals surface area contributed by atoms with Gasteiger partial charge < -0.3 is 10.2 Å². The van der Waals surface area contributed by atoms with Crippen molar-refractivity contribution in [2.24, 2.45) is 11.3 Å². The van der Waals surface area contributed by atoms with Gasteiger partial charge in [0.2, 0.25) is 0 Å². The fourth-order valence-electron chi connectivity index (χ4n) is 2.75. The minimum absolute atomic E-state index is 0.169. The lowest BCUT2D eigenvalue weighted by Crippen LogP contribution is -2.40. The number of hydrogen-bond donors (Lipinski definition) is 1. The Morgan fingerprint density at radius 2 is 2.11 bits per heavy atom. The van der Waals surface area contributed by atoms with Crippen LogP contribution in [-0.2, 0) is 0 Å². The van der Waals surface area contributed by atoms with Crippen molar-refractivity contribution in [2.45, 2.75) is 52.0 Å². The van der Waals surface area contributed by atoms with E-state index in [1.54, 1.807) is 0 Å². The summed E-state index contributed by atoms with van der Waals surface area (Å²) in [6, 6.07) is 3.24. The third kappa shape index (κ3) is 4.26. The molecule has 3 heteroatoms. The van der Waals surface area contributed by atoms with Gasteiger partial charge in [-0.15, -0.1) is 0 Å². The average molecular weight is 249 g/mol. The molecule has 1 atom stereocenters. The fourth-order valence-corrected chi connectivity index (χ4v) is 2.75. The zero-order chi connectivity index (χ0) is 13.0. The number of hydrogen-bond acceptors (Lipinski definition) is 3. The SMILES string of the molecule is CC(C)(C#N)CCN(CC1CCCNC1)C1CC1. The van der Waals surface area contributed by atoms with E-state index in [4.69, 9.17) is 5.26 Å². The largest absolute Gasteiger partial charge is 0.316 e. The molecule has 0 aromatic carbocycles. The minimum atomic E-state index is -0.169. The summed E-state index contributed by atoms with van der Waals surface area (Å²) in [5, 5.41) is 12.6. The van der Waals surface area contributed by atoms with Gasteiger partial charge in [-0.05, 0) is 71.5 Å². The molecule has 1 heterocycles. The highest BCUT2D eigenvalue weighted by atomic mass is 15.2. The number of nitrogens with one attached hydrogen (secondary N) is 1. The first-order valence-electron chi connectivity index (χ1n) is 7.47. The Morgan fingerprint density at radius 3 is 2.67 bits per heavy atom. The molecule has 3 nitrogen and oxygen atoms in total. The maximum Gasteiger partial charge on any atom is 0.0684 e. The standard InChI is InChI=1S/C15H27N3/c1-15(2,12-16)7-9-18(14-5-6-14)11-13-4-3-8-17-10-13/h13-14,17H,3-11H2,1-2H3. The van der Waals surface area contributed by atoms with Crippen molar-refractivity contribution in [1.29, 1.82) is 5.26 Å². The summed E-state index contributed by atoms with van der Waals surface area (Å²) in [6.45, 7) is 8.83. The Morgan fingerprint density at radius 1 is 1.33 bits per heavy atom. The first-order chi connectivity index (χ1) is 8.61. The molecule has 0 bridgehead atoms. The molecule has 0 aromatic heterocycles. The quantitative estimate of drug-likeness (QED) is 0.785. The molecule has 2 aliphatic rings. The Kier molecular flexibility index (Phi) is 4.64. The van der Waals surface area contributed by atoms with E-state index >= 15 is 0 Å². The number of rotatable bonds is 6. The third-order valence-electron chi connectivity index (χ3n) is 4.28. The zero-order valence-corrected chi connectivity index (χ0v) is 11.9. The molecule has 1 saturated carbocycles. The number of nitriles is 1. The maximum absolute atomic E-state index is 9.10. The molecule has 1 saturated heterocycles. The van der Waals surface area contributed by atoms with E-state index in [0.29, 0.717) is 0 Å². The summed E-state index contributed by atoms with van der Waals surface area (Å²) in [5.41, 5.74) is -0.169. The van der Waals surface area contributed by atoms with Crippen molar-refractivity contribution in [2.75, 3.05) is 26.2 Å². The molecule has 1 aliphatic carbocycles. The van der Waals surface area contributed by atoms with Gasteiger partial charge in [-0.25, -0.2) is 0 Å². The first kappa shape index (κ1) is 13.8. The van der Waals surface area contributed by atoms with Crippen LogP contribution in [0.5, 0.6) is 0 Å². The van der Waals surface area contributed by atoms with Crippen LogP contribution >= 0.6 is 0 Å². The van der Waals surface area contributed by atoms with Gasteiger partial charge in [0.25, 0.3) is 0 Å². The van der Waals surface area contributed by atoms with E-state index < -0.39 is 0 Å². The molecular weight excluding hydrogens is 222 g/mol. The first-order valence-corrected chi connectivity index (χ1v) is 7.47. The number of piperidine rings is 1. The van der Waals surface area contributed by atoms with Gasteiger partial charge in [0.15, 0.2) is 0 Å². The van der Waals surface area contributed by atoms with Crippen LogP contribution in [0.1, 0.15) is 46.0 Å². The van der Waals surface area contributed by atoms with E-state index in [2.05, 4.69) is 30.1 Å². The van der Waals surface area contributed by atoms with E-state index in [1.165, 1.54) is 45.3 Å². The smallest absolute Gasteiger partial charge is 0.0684 e. The van der Waals surface area contributed by atoms with Gasteiger partial charge in [0, 0.05) is 12.6 Å². The van der Waals surface area contributed by atoms with Gasteiger partial charge in [0.05, 0.1) is 11.5 Å². The summed E-state index contributed by atoms with van der Waals surface area (Å²) < 4.78 is 0. The normalized spacial score (nSPS) is 25.1. The van der Waals surface area contributed by atoms with Crippen LogP contribution in [0, 0.1) is 22.7 Å². The highest BCUT2D eigenvalue weighted by molar-refractivity contribution is 4.94. The minimum Gasteiger partial charge on any atom is -0.316 e. The van der Waals surface area contributed by atoms with Crippen LogP contribution in [0.3, 0.4) is 0 Å². The zero-order valence-electron chi connectivity index (χ0n) is 11.9. The predicted molar refractivity (Wildman–Crippen MR) is 74.2 cm³/mol. The molecule has 1 unspecified atom stereocenters. The summed E-state index contributed by atoms with van der Waals surface area (Å²) in [6.07, 6.45) is 6.44. The molecule has 2 fully saturated rings.